The Hall–Kier alpha value is -2.77. The van der Waals surface area contributed by atoms with Crippen molar-refractivity contribution >= 4 is 11.8 Å². The van der Waals surface area contributed by atoms with Gasteiger partial charge < -0.3 is 9.80 Å². The van der Waals surface area contributed by atoms with Crippen LogP contribution in [0.15, 0.2) is 30.5 Å². The molecule has 144 valence electrons. The number of likely N-dealkylation sites (tertiary alicyclic amines) is 1. The number of hydrogen-bond donors (Lipinski definition) is 0. The van der Waals surface area contributed by atoms with Gasteiger partial charge in [0.15, 0.2) is 5.69 Å². The first-order valence-electron chi connectivity index (χ1n) is 9.27. The zero-order chi connectivity index (χ0) is 19.4. The zero-order valence-electron chi connectivity index (χ0n) is 15.6. The van der Waals surface area contributed by atoms with Crippen LogP contribution >= 0.6 is 0 Å². The van der Waals surface area contributed by atoms with E-state index in [1.165, 1.54) is 23.0 Å². The Kier molecular flexibility index (Phi) is 5.83. The second-order valence-electron chi connectivity index (χ2n) is 6.58. The van der Waals surface area contributed by atoms with Crippen molar-refractivity contribution in [2.45, 2.75) is 39.3 Å². The summed E-state index contributed by atoms with van der Waals surface area (Å²) in [5.41, 5.74) is 1.13. The third-order valence-corrected chi connectivity index (χ3v) is 4.94. The molecule has 1 saturated heterocycles. The van der Waals surface area contributed by atoms with E-state index in [1.807, 2.05) is 13.8 Å². The largest absolute Gasteiger partial charge is 0.342 e. The van der Waals surface area contributed by atoms with Gasteiger partial charge in [-0.25, -0.2) is 9.07 Å². The molecule has 1 atom stereocenters. The molecule has 0 N–H and O–H groups in total. The molecular weight excluding hydrogens is 349 g/mol. The van der Waals surface area contributed by atoms with Gasteiger partial charge in [-0.05, 0) is 44.4 Å². The van der Waals surface area contributed by atoms with Gasteiger partial charge >= 0.3 is 0 Å². The summed E-state index contributed by atoms with van der Waals surface area (Å²) in [6.45, 7) is 5.77. The van der Waals surface area contributed by atoms with E-state index in [9.17, 15) is 14.0 Å². The number of hydrogen-bond acceptors (Lipinski definition) is 4. The minimum absolute atomic E-state index is 0.0589. The Bertz CT molecular complexity index is 801. The van der Waals surface area contributed by atoms with E-state index in [0.717, 1.165) is 18.4 Å². The molecule has 27 heavy (non-hydrogen) atoms. The van der Waals surface area contributed by atoms with Crippen molar-refractivity contribution in [1.82, 2.24) is 24.8 Å². The van der Waals surface area contributed by atoms with Crippen molar-refractivity contribution in [2.75, 3.05) is 19.6 Å². The van der Waals surface area contributed by atoms with Crippen LogP contribution in [-0.4, -0.2) is 56.2 Å². The number of rotatable bonds is 6. The molecular formula is C19H24FN5O2. The predicted molar refractivity (Wildman–Crippen MR) is 97.4 cm³/mol. The van der Waals surface area contributed by atoms with Gasteiger partial charge in [-0.2, -0.15) is 0 Å². The summed E-state index contributed by atoms with van der Waals surface area (Å²) in [7, 11) is 0. The summed E-state index contributed by atoms with van der Waals surface area (Å²) in [5.74, 6) is -0.576. The number of benzene rings is 1. The maximum atomic E-state index is 13.2. The summed E-state index contributed by atoms with van der Waals surface area (Å²) in [5, 5.41) is 7.89. The Morgan fingerprint density at radius 1 is 1.22 bits per heavy atom. The summed E-state index contributed by atoms with van der Waals surface area (Å²) in [4.78, 5) is 28.5. The van der Waals surface area contributed by atoms with Crippen molar-refractivity contribution < 1.29 is 14.0 Å². The molecule has 0 aliphatic carbocycles. The van der Waals surface area contributed by atoms with Crippen molar-refractivity contribution in [1.29, 1.82) is 0 Å². The number of aromatic nitrogens is 3. The van der Waals surface area contributed by atoms with Gasteiger partial charge in [0.1, 0.15) is 12.4 Å². The predicted octanol–water partition coefficient (Wildman–Crippen LogP) is 2.26. The van der Waals surface area contributed by atoms with Crippen molar-refractivity contribution in [3.05, 3.63) is 47.5 Å². The molecule has 1 aromatic heterocycles. The first kappa shape index (κ1) is 19.0. The maximum absolute atomic E-state index is 13.2. The quantitative estimate of drug-likeness (QED) is 0.779. The summed E-state index contributed by atoms with van der Waals surface area (Å²) in [6.07, 6.45) is 3.22. The van der Waals surface area contributed by atoms with Crippen LogP contribution in [0.3, 0.4) is 0 Å². The zero-order valence-corrected chi connectivity index (χ0v) is 15.6. The van der Waals surface area contributed by atoms with Gasteiger partial charge in [-0.3, -0.25) is 9.59 Å². The van der Waals surface area contributed by atoms with Gasteiger partial charge in [-0.1, -0.05) is 17.3 Å². The summed E-state index contributed by atoms with van der Waals surface area (Å²) >= 11 is 0. The van der Waals surface area contributed by atoms with Crippen LogP contribution in [0.4, 0.5) is 4.39 Å². The molecule has 0 radical (unpaired) electrons. The normalized spacial score (nSPS) is 16.6. The number of nitrogens with zero attached hydrogens (tertiary/aromatic N) is 5. The average molecular weight is 373 g/mol. The lowest BCUT2D eigenvalue weighted by Gasteiger charge is -2.24. The fourth-order valence-electron chi connectivity index (χ4n) is 3.48. The monoisotopic (exact) mass is 373 g/mol. The molecule has 8 heteroatoms. The molecule has 2 heterocycles. The smallest absolute Gasteiger partial charge is 0.276 e. The van der Waals surface area contributed by atoms with Gasteiger partial charge in [0.25, 0.3) is 5.91 Å². The third kappa shape index (κ3) is 4.15. The van der Waals surface area contributed by atoms with E-state index in [4.69, 9.17) is 0 Å². The minimum Gasteiger partial charge on any atom is -0.342 e. The fourth-order valence-corrected chi connectivity index (χ4v) is 3.48. The lowest BCUT2D eigenvalue weighted by Crippen LogP contribution is -2.33. The standard InChI is InChI=1S/C19H24FN5O2/c1-3-23(4-2)18(26)13-24-12-16(21-22-24)19(27)25-11-5-6-17(25)14-7-9-15(20)10-8-14/h7-10,12,17H,3-6,11,13H2,1-2H3. The van der Waals surface area contributed by atoms with Crippen LogP contribution in [0.5, 0.6) is 0 Å². The number of carbonyl (C=O) groups is 2. The average Bonchev–Trinajstić information content (AvgIpc) is 3.32. The summed E-state index contributed by atoms with van der Waals surface area (Å²) in [6, 6.07) is 6.15. The molecule has 3 rings (SSSR count). The molecule has 2 aromatic rings. The van der Waals surface area contributed by atoms with Gasteiger partial charge in [-0.15, -0.1) is 5.10 Å². The fraction of sp³-hybridized carbons (Fsp3) is 0.474. The highest BCUT2D eigenvalue weighted by atomic mass is 19.1. The Morgan fingerprint density at radius 3 is 2.59 bits per heavy atom. The maximum Gasteiger partial charge on any atom is 0.276 e. The number of carbonyl (C=O) groups excluding carboxylic acids is 2. The molecule has 7 nitrogen and oxygen atoms in total. The minimum atomic E-state index is -0.296. The second-order valence-corrected chi connectivity index (χ2v) is 6.58. The Morgan fingerprint density at radius 2 is 1.93 bits per heavy atom. The molecule has 2 amide bonds. The van der Waals surface area contributed by atoms with E-state index >= 15 is 0 Å². The molecule has 1 aliphatic heterocycles. The van der Waals surface area contributed by atoms with Gasteiger partial charge in [0, 0.05) is 19.6 Å². The SMILES string of the molecule is CCN(CC)C(=O)Cn1cc(C(=O)N2CCCC2c2ccc(F)cc2)nn1. The first-order valence-corrected chi connectivity index (χ1v) is 9.27. The Labute approximate surface area is 157 Å². The summed E-state index contributed by atoms with van der Waals surface area (Å²) < 4.78 is 14.6. The van der Waals surface area contributed by atoms with E-state index in [2.05, 4.69) is 10.3 Å². The molecule has 1 aromatic carbocycles. The molecule has 1 unspecified atom stereocenters. The Balaban J connectivity index is 1.71. The molecule has 0 saturated carbocycles. The number of amides is 2. The molecule has 0 spiro atoms. The van der Waals surface area contributed by atoms with Crippen LogP contribution in [0.2, 0.25) is 0 Å². The van der Waals surface area contributed by atoms with Crippen LogP contribution in [0.25, 0.3) is 0 Å². The number of halogens is 1. The van der Waals surface area contributed by atoms with Crippen LogP contribution in [-0.2, 0) is 11.3 Å². The van der Waals surface area contributed by atoms with E-state index in [-0.39, 0.29) is 35.9 Å². The molecule has 0 bridgehead atoms. The highest BCUT2D eigenvalue weighted by Gasteiger charge is 2.32. The lowest BCUT2D eigenvalue weighted by molar-refractivity contribution is -0.131. The van der Waals surface area contributed by atoms with E-state index < -0.39 is 0 Å². The second kappa shape index (κ2) is 8.28. The molecule has 1 fully saturated rings. The highest BCUT2D eigenvalue weighted by Crippen LogP contribution is 2.32. The van der Waals surface area contributed by atoms with Crippen molar-refractivity contribution in [3.63, 3.8) is 0 Å². The first-order chi connectivity index (χ1) is 13.0. The van der Waals surface area contributed by atoms with Crippen LogP contribution in [0.1, 0.15) is 48.8 Å². The van der Waals surface area contributed by atoms with Crippen LogP contribution in [0, 0.1) is 5.82 Å². The van der Waals surface area contributed by atoms with E-state index in [1.54, 1.807) is 21.9 Å². The van der Waals surface area contributed by atoms with Crippen molar-refractivity contribution in [3.8, 4) is 0 Å². The van der Waals surface area contributed by atoms with Gasteiger partial charge in [0.2, 0.25) is 5.91 Å². The van der Waals surface area contributed by atoms with Crippen LogP contribution < -0.4 is 0 Å². The highest BCUT2D eigenvalue weighted by molar-refractivity contribution is 5.92. The van der Waals surface area contributed by atoms with Crippen molar-refractivity contribution in [2.24, 2.45) is 0 Å². The van der Waals surface area contributed by atoms with Gasteiger partial charge in [0.05, 0.1) is 12.2 Å². The topological polar surface area (TPSA) is 71.3 Å². The third-order valence-electron chi connectivity index (χ3n) is 4.94. The molecule has 1 aliphatic rings. The lowest BCUT2D eigenvalue weighted by atomic mass is 10.0. The van der Waals surface area contributed by atoms with E-state index in [0.29, 0.717) is 19.6 Å². The number of likely N-dealkylation sites (N-methyl/N-ethyl adjacent to an activating group) is 1.